The van der Waals surface area contributed by atoms with Gasteiger partial charge in [0.15, 0.2) is 0 Å². The number of rotatable bonds is 21. The Labute approximate surface area is 258 Å². The smallest absolute Gasteiger partial charge is 0.0733 e. The Hall–Kier alpha value is 5.60. The summed E-state index contributed by atoms with van der Waals surface area (Å²) in [5, 5.41) is 7.78. The van der Waals surface area contributed by atoms with Crippen molar-refractivity contribution < 1.29 is 0 Å². The molecule has 0 saturated carbocycles. The zero-order valence-corrected chi connectivity index (χ0v) is 29.4. The second-order valence-electron chi connectivity index (χ2n) is 4.95. The Kier molecular flexibility index (Phi) is 26.6. The molecule has 0 radical (unpaired) electrons. The first-order chi connectivity index (χ1) is 14.7. The van der Waals surface area contributed by atoms with Crippen LogP contribution in [0.4, 0.5) is 0 Å². The van der Waals surface area contributed by atoms with Crippen molar-refractivity contribution in [3.8, 4) is 0 Å². The van der Waals surface area contributed by atoms with Gasteiger partial charge < -0.3 is 0 Å². The van der Waals surface area contributed by atoms with Gasteiger partial charge in [-0.05, 0) is 0 Å². The highest BCUT2D eigenvalue weighted by molar-refractivity contribution is 8.35. The van der Waals surface area contributed by atoms with Gasteiger partial charge in [-0.2, -0.15) is 63.1 Å². The Morgan fingerprint density at radius 2 is 1.07 bits per heavy atom. The van der Waals surface area contributed by atoms with E-state index in [2.05, 4.69) is 134 Å². The summed E-state index contributed by atoms with van der Waals surface area (Å²) in [6.07, 6.45) is 0. The first-order valence-corrected chi connectivity index (χ1v) is 23.3. The molecule has 0 bridgehead atoms. The molecule has 0 spiro atoms. The fourth-order valence-electron chi connectivity index (χ4n) is 1.89. The summed E-state index contributed by atoms with van der Waals surface area (Å²) in [5.41, 5.74) is 0. The van der Waals surface area contributed by atoms with Gasteiger partial charge in [-0.1, -0.05) is 0 Å². The lowest BCUT2D eigenvalue weighted by Crippen LogP contribution is -2.22. The Balaban J connectivity index is 2.62. The standard InChI is InChI=1S/C14H28S16/c15-2-22-11(23-3-16)13(26-6-19)30-14(12(24-4-17)25-5-18)29-8-21-7-20-1-10-27-9-28-10/h10-19H,1-9H2. The lowest BCUT2D eigenvalue weighted by molar-refractivity contribution is 1.30. The van der Waals surface area contributed by atoms with Crippen LogP contribution in [0.5, 0.6) is 0 Å². The molecular formula is C14H28S16. The van der Waals surface area contributed by atoms with E-state index in [0.29, 0.717) is 18.3 Å². The van der Waals surface area contributed by atoms with Crippen molar-refractivity contribution in [1.29, 1.82) is 0 Å². The quantitative estimate of drug-likeness (QED) is 0.0441. The summed E-state index contributed by atoms with van der Waals surface area (Å²) in [6, 6.07) is 0. The van der Waals surface area contributed by atoms with Crippen molar-refractivity contribution in [2.45, 2.75) is 22.9 Å². The molecule has 2 atom stereocenters. The molecule has 1 aliphatic rings. The zero-order valence-electron chi connectivity index (χ0n) is 16.0. The van der Waals surface area contributed by atoms with Crippen LogP contribution in [0.1, 0.15) is 0 Å². The number of thiol groups is 5. The van der Waals surface area contributed by atoms with Gasteiger partial charge in [-0.15, -0.1) is 129 Å². The molecule has 1 fully saturated rings. The molecule has 1 saturated heterocycles. The van der Waals surface area contributed by atoms with Gasteiger partial charge in [-0.25, -0.2) is 0 Å². The molecule has 16 heteroatoms. The van der Waals surface area contributed by atoms with E-state index in [9.17, 15) is 0 Å². The van der Waals surface area contributed by atoms with Crippen LogP contribution < -0.4 is 0 Å². The summed E-state index contributed by atoms with van der Waals surface area (Å²) < 4.78 is 2.74. The maximum atomic E-state index is 4.53. The molecule has 1 rings (SSSR count). The van der Waals surface area contributed by atoms with Crippen molar-refractivity contribution in [2.24, 2.45) is 0 Å². The van der Waals surface area contributed by atoms with E-state index in [-0.39, 0.29) is 0 Å². The van der Waals surface area contributed by atoms with Gasteiger partial charge in [0.2, 0.25) is 0 Å². The Bertz CT molecular complexity index is 373. The normalized spacial score (nSPS) is 16.9. The van der Waals surface area contributed by atoms with Crippen LogP contribution in [0.2, 0.25) is 0 Å². The molecule has 0 aromatic rings. The lowest BCUT2D eigenvalue weighted by Gasteiger charge is -2.31. The molecule has 0 aliphatic carbocycles. The van der Waals surface area contributed by atoms with Gasteiger partial charge >= 0.3 is 0 Å². The lowest BCUT2D eigenvalue weighted by atomic mass is 10.9. The van der Waals surface area contributed by atoms with E-state index < -0.39 is 0 Å². The second-order valence-corrected chi connectivity index (χ2v) is 23.7. The third-order valence-corrected chi connectivity index (χ3v) is 21.8. The minimum absolute atomic E-state index is 0.463. The molecule has 30 heavy (non-hydrogen) atoms. The van der Waals surface area contributed by atoms with Crippen LogP contribution in [0.15, 0.2) is 0 Å². The molecule has 1 heterocycles. The summed E-state index contributed by atoms with van der Waals surface area (Å²) >= 11 is 44.6. The third-order valence-electron chi connectivity index (χ3n) is 3.15. The fraction of sp³-hybridized carbons (Fsp3) is 1.00. The predicted molar refractivity (Wildman–Crippen MR) is 191 cm³/mol. The van der Waals surface area contributed by atoms with Gasteiger partial charge in [0.25, 0.3) is 0 Å². The predicted octanol–water partition coefficient (Wildman–Crippen LogP) is 9.00. The summed E-state index contributed by atoms with van der Waals surface area (Å²) in [5.74, 6) is 1.28. The number of thioether (sulfide) groups is 11. The maximum Gasteiger partial charge on any atom is 0.0733 e. The SMILES string of the molecule is SCSC(SCS)C(SCS)SC(SCSCSCC1SCS1)C(SCS)SCS. The van der Waals surface area contributed by atoms with Crippen molar-refractivity contribution >= 4 is 193 Å². The highest BCUT2D eigenvalue weighted by atomic mass is 32.3. The first kappa shape index (κ1) is 33.6. The maximum absolute atomic E-state index is 4.53. The Morgan fingerprint density at radius 3 is 1.50 bits per heavy atom. The minimum atomic E-state index is 0.463. The van der Waals surface area contributed by atoms with Crippen LogP contribution in [-0.4, -0.2) is 69.3 Å². The van der Waals surface area contributed by atoms with Crippen LogP contribution in [0.3, 0.4) is 0 Å². The van der Waals surface area contributed by atoms with Crippen LogP contribution in [0.25, 0.3) is 0 Å². The third kappa shape index (κ3) is 15.8. The number of hydrogen-bond donors (Lipinski definition) is 5. The topological polar surface area (TPSA) is 0 Å². The van der Waals surface area contributed by atoms with Crippen LogP contribution in [0, 0.1) is 0 Å². The molecule has 180 valence electrons. The highest BCUT2D eigenvalue weighted by Crippen LogP contribution is 2.49. The largest absolute Gasteiger partial charge is 0.168 e. The molecular weight excluding hydrogens is 681 g/mol. The van der Waals surface area contributed by atoms with E-state index in [4.69, 9.17) is 0 Å². The van der Waals surface area contributed by atoms with Gasteiger partial charge in [-0.3, -0.25) is 0 Å². The van der Waals surface area contributed by atoms with Crippen molar-refractivity contribution in [3.05, 3.63) is 0 Å². The zero-order chi connectivity index (χ0) is 22.0. The molecule has 0 nitrogen and oxygen atoms in total. The van der Waals surface area contributed by atoms with Gasteiger partial charge in [0, 0.05) is 46.4 Å². The van der Waals surface area contributed by atoms with Crippen molar-refractivity contribution in [1.82, 2.24) is 0 Å². The van der Waals surface area contributed by atoms with Crippen molar-refractivity contribution in [3.63, 3.8) is 0 Å². The summed E-state index contributed by atoms with van der Waals surface area (Å²) in [4.78, 5) is 0. The van der Waals surface area contributed by atoms with Crippen molar-refractivity contribution in [2.75, 3.05) is 46.4 Å². The van der Waals surface area contributed by atoms with Crippen LogP contribution in [-0.2, 0) is 0 Å². The molecule has 0 aromatic heterocycles. The van der Waals surface area contributed by atoms with E-state index >= 15 is 0 Å². The summed E-state index contributed by atoms with van der Waals surface area (Å²) in [6.45, 7) is 0. The average Bonchev–Trinajstić information content (AvgIpc) is 2.70. The van der Waals surface area contributed by atoms with Gasteiger partial charge in [0.05, 0.1) is 22.9 Å². The fourth-order valence-corrected chi connectivity index (χ4v) is 21.0. The van der Waals surface area contributed by atoms with E-state index in [1.807, 2.05) is 58.8 Å². The minimum Gasteiger partial charge on any atom is -0.168 e. The molecule has 1 aliphatic heterocycles. The molecule has 2 unspecified atom stereocenters. The van der Waals surface area contributed by atoms with E-state index in [0.717, 1.165) is 35.1 Å². The highest BCUT2D eigenvalue weighted by Gasteiger charge is 2.31. The second kappa shape index (κ2) is 23.7. The Morgan fingerprint density at radius 1 is 0.600 bits per heavy atom. The average molecular weight is 709 g/mol. The van der Waals surface area contributed by atoms with E-state index in [1.165, 1.54) is 15.9 Å². The monoisotopic (exact) mass is 708 g/mol. The van der Waals surface area contributed by atoms with Gasteiger partial charge in [0.1, 0.15) is 0 Å². The molecule has 0 amide bonds. The molecule has 0 aromatic carbocycles. The first-order valence-electron chi connectivity index (χ1n) is 8.48. The summed E-state index contributed by atoms with van der Waals surface area (Å²) in [7, 11) is 0. The molecule has 0 N–H and O–H groups in total. The van der Waals surface area contributed by atoms with Crippen LogP contribution >= 0.6 is 193 Å². The number of hydrogen-bond acceptors (Lipinski definition) is 16. The van der Waals surface area contributed by atoms with E-state index in [1.54, 1.807) is 0 Å².